The number of nitrogens with one attached hydrogen (secondary N) is 2. The molecule has 0 radical (unpaired) electrons. The van der Waals surface area contributed by atoms with E-state index in [4.69, 9.17) is 9.47 Å². The second-order valence-corrected chi connectivity index (χ2v) is 8.28. The molecule has 0 unspecified atom stereocenters. The van der Waals surface area contributed by atoms with Crippen molar-refractivity contribution in [3.8, 4) is 11.5 Å². The van der Waals surface area contributed by atoms with E-state index in [0.717, 1.165) is 53.8 Å². The van der Waals surface area contributed by atoms with Crippen LogP contribution < -0.4 is 20.1 Å². The number of halogens is 1. The Kier molecular flexibility index (Phi) is 9.99. The number of hydrogen-bond acceptors (Lipinski definition) is 5. The number of benzene rings is 1. The second-order valence-electron chi connectivity index (χ2n) is 6.97. The number of hydrogen-bond donors (Lipinski definition) is 2. The highest BCUT2D eigenvalue weighted by Gasteiger charge is 2.18. The number of aromatic nitrogens is 1. The molecule has 3 rings (SSSR count). The van der Waals surface area contributed by atoms with Gasteiger partial charge >= 0.3 is 0 Å². The van der Waals surface area contributed by atoms with Gasteiger partial charge in [0.2, 0.25) is 0 Å². The Bertz CT molecular complexity index is 791. The lowest BCUT2D eigenvalue weighted by Crippen LogP contribution is -2.38. The number of aryl methyl sites for hydroxylation is 1. The molecule has 2 N–H and O–H groups in total. The van der Waals surface area contributed by atoms with Gasteiger partial charge < -0.3 is 20.1 Å². The molecule has 1 saturated carbocycles. The van der Waals surface area contributed by atoms with Crippen molar-refractivity contribution in [1.29, 1.82) is 0 Å². The third-order valence-corrected chi connectivity index (χ3v) is 5.81. The van der Waals surface area contributed by atoms with Crippen LogP contribution >= 0.6 is 35.3 Å². The van der Waals surface area contributed by atoms with E-state index in [1.165, 1.54) is 17.7 Å². The smallest absolute Gasteiger partial charge is 0.191 e. The Morgan fingerprint density at radius 2 is 2.07 bits per heavy atom. The van der Waals surface area contributed by atoms with Crippen molar-refractivity contribution < 1.29 is 9.47 Å². The van der Waals surface area contributed by atoms with Gasteiger partial charge in [0.25, 0.3) is 0 Å². The van der Waals surface area contributed by atoms with Gasteiger partial charge in [-0.05, 0) is 44.7 Å². The van der Waals surface area contributed by atoms with Gasteiger partial charge in [-0.2, -0.15) is 0 Å². The van der Waals surface area contributed by atoms with Crippen LogP contribution in [0.5, 0.6) is 11.5 Å². The van der Waals surface area contributed by atoms with Crippen molar-refractivity contribution in [1.82, 2.24) is 15.6 Å². The van der Waals surface area contributed by atoms with Crippen LogP contribution in [0.3, 0.4) is 0 Å². The molecule has 1 aliphatic carbocycles. The van der Waals surface area contributed by atoms with Crippen molar-refractivity contribution in [2.75, 3.05) is 20.7 Å². The van der Waals surface area contributed by atoms with Gasteiger partial charge in [-0.1, -0.05) is 0 Å². The number of rotatable bonds is 8. The lowest BCUT2D eigenvalue weighted by molar-refractivity contribution is 0.207. The van der Waals surface area contributed by atoms with Crippen LogP contribution in [0.1, 0.15) is 41.1 Å². The summed E-state index contributed by atoms with van der Waals surface area (Å²) in [6.07, 6.45) is 7.87. The van der Waals surface area contributed by atoms with Crippen molar-refractivity contribution in [3.05, 3.63) is 39.8 Å². The lowest BCUT2D eigenvalue weighted by atomic mass is 10.2. The fourth-order valence-corrected chi connectivity index (χ4v) is 4.09. The number of guanidine groups is 1. The number of ether oxygens (including phenoxy) is 2. The van der Waals surface area contributed by atoms with Crippen LogP contribution in [0.15, 0.2) is 29.4 Å². The van der Waals surface area contributed by atoms with Crippen LogP contribution in [0.4, 0.5) is 0 Å². The van der Waals surface area contributed by atoms with E-state index in [9.17, 15) is 0 Å². The number of aliphatic imine (C=N–C) groups is 1. The zero-order valence-corrected chi connectivity index (χ0v) is 20.5. The van der Waals surface area contributed by atoms with E-state index in [1.807, 2.05) is 18.3 Å². The lowest BCUT2D eigenvalue weighted by Gasteiger charge is -2.18. The molecule has 0 saturated heterocycles. The second kappa shape index (κ2) is 12.2. The Morgan fingerprint density at radius 1 is 1.28 bits per heavy atom. The molecular weight excluding hydrogens is 499 g/mol. The van der Waals surface area contributed by atoms with Crippen molar-refractivity contribution in [2.45, 2.75) is 51.7 Å². The Morgan fingerprint density at radius 3 is 2.72 bits per heavy atom. The van der Waals surface area contributed by atoms with Gasteiger partial charge in [-0.15, -0.1) is 35.3 Å². The highest BCUT2D eigenvalue weighted by Crippen LogP contribution is 2.30. The van der Waals surface area contributed by atoms with E-state index in [-0.39, 0.29) is 24.0 Å². The SMILES string of the molecule is CN=C(NCCc1ncc(C)s1)NCc1ccc(OC)cc1OC1CCCC1.I. The topological polar surface area (TPSA) is 67.8 Å². The quantitative estimate of drug-likeness (QED) is 0.303. The van der Waals surface area contributed by atoms with Gasteiger partial charge in [0, 0.05) is 49.3 Å². The normalized spacial score (nSPS) is 14.4. The average molecular weight is 530 g/mol. The van der Waals surface area contributed by atoms with Crippen LogP contribution in [-0.4, -0.2) is 37.7 Å². The zero-order chi connectivity index (χ0) is 19.8. The van der Waals surface area contributed by atoms with Gasteiger partial charge in [0.1, 0.15) is 11.5 Å². The molecule has 1 heterocycles. The third-order valence-electron chi connectivity index (χ3n) is 4.84. The van der Waals surface area contributed by atoms with Crippen molar-refractivity contribution in [2.24, 2.45) is 4.99 Å². The minimum absolute atomic E-state index is 0. The Hall–Kier alpha value is -1.55. The predicted octanol–water partition coefficient (Wildman–Crippen LogP) is 4.31. The first-order valence-electron chi connectivity index (χ1n) is 9.87. The van der Waals surface area contributed by atoms with Crippen LogP contribution in [-0.2, 0) is 13.0 Å². The highest BCUT2D eigenvalue weighted by atomic mass is 127. The van der Waals surface area contributed by atoms with E-state index >= 15 is 0 Å². The average Bonchev–Trinajstić information content (AvgIpc) is 3.37. The predicted molar refractivity (Wildman–Crippen MR) is 130 cm³/mol. The summed E-state index contributed by atoms with van der Waals surface area (Å²) < 4.78 is 11.6. The molecule has 0 spiro atoms. The Balaban J connectivity index is 0.00000300. The fourth-order valence-electron chi connectivity index (χ4n) is 3.31. The molecule has 1 aromatic heterocycles. The summed E-state index contributed by atoms with van der Waals surface area (Å²) in [5.41, 5.74) is 1.10. The molecule has 1 aliphatic rings. The summed E-state index contributed by atoms with van der Waals surface area (Å²) in [6.45, 7) is 3.51. The van der Waals surface area contributed by atoms with E-state index in [0.29, 0.717) is 12.6 Å². The molecular formula is C21H31IN4O2S. The van der Waals surface area contributed by atoms with E-state index in [2.05, 4.69) is 33.6 Å². The molecule has 1 aromatic carbocycles. The molecule has 0 amide bonds. The molecule has 6 nitrogen and oxygen atoms in total. The number of methoxy groups -OCH3 is 1. The third kappa shape index (κ3) is 7.33. The van der Waals surface area contributed by atoms with Gasteiger partial charge in [0.15, 0.2) is 5.96 Å². The number of thiazole rings is 1. The zero-order valence-electron chi connectivity index (χ0n) is 17.4. The summed E-state index contributed by atoms with van der Waals surface area (Å²) >= 11 is 1.74. The van der Waals surface area contributed by atoms with Crippen LogP contribution in [0, 0.1) is 6.92 Å². The summed E-state index contributed by atoms with van der Waals surface area (Å²) in [5.74, 6) is 2.49. The minimum Gasteiger partial charge on any atom is -0.497 e. The highest BCUT2D eigenvalue weighted by molar-refractivity contribution is 14.0. The molecule has 8 heteroatoms. The number of nitrogens with zero attached hydrogens (tertiary/aromatic N) is 2. The fraction of sp³-hybridized carbons (Fsp3) is 0.524. The van der Waals surface area contributed by atoms with Crippen molar-refractivity contribution >= 4 is 41.3 Å². The monoisotopic (exact) mass is 530 g/mol. The maximum atomic E-state index is 6.27. The maximum absolute atomic E-state index is 6.27. The summed E-state index contributed by atoms with van der Waals surface area (Å²) in [4.78, 5) is 9.96. The summed E-state index contributed by atoms with van der Waals surface area (Å²) in [6, 6.07) is 6.01. The maximum Gasteiger partial charge on any atom is 0.191 e. The summed E-state index contributed by atoms with van der Waals surface area (Å²) in [7, 11) is 3.47. The van der Waals surface area contributed by atoms with E-state index < -0.39 is 0 Å². The van der Waals surface area contributed by atoms with Gasteiger partial charge in [-0.25, -0.2) is 4.98 Å². The molecule has 1 fully saturated rings. The molecule has 0 atom stereocenters. The minimum atomic E-state index is 0. The standard InChI is InChI=1S/C21H30N4O2S.HI/c1-15-13-24-20(28-15)10-11-23-21(22-2)25-14-16-8-9-18(26-3)12-19(16)27-17-6-4-5-7-17;/h8-9,12-13,17H,4-7,10-11,14H2,1-3H3,(H2,22,23,25);1H. The van der Waals surface area contributed by atoms with Gasteiger partial charge in [0.05, 0.1) is 18.2 Å². The molecule has 29 heavy (non-hydrogen) atoms. The van der Waals surface area contributed by atoms with E-state index in [1.54, 1.807) is 25.5 Å². The first kappa shape index (κ1) is 23.7. The van der Waals surface area contributed by atoms with Gasteiger partial charge in [-0.3, -0.25) is 4.99 Å². The first-order valence-corrected chi connectivity index (χ1v) is 10.7. The Labute approximate surface area is 194 Å². The van der Waals surface area contributed by atoms with Crippen LogP contribution in [0.25, 0.3) is 0 Å². The molecule has 0 bridgehead atoms. The summed E-state index contributed by atoms with van der Waals surface area (Å²) in [5, 5.41) is 7.88. The largest absolute Gasteiger partial charge is 0.497 e. The molecule has 2 aromatic rings. The molecule has 160 valence electrons. The molecule has 0 aliphatic heterocycles. The first-order chi connectivity index (χ1) is 13.7. The van der Waals surface area contributed by atoms with Crippen molar-refractivity contribution in [3.63, 3.8) is 0 Å². The van der Waals surface area contributed by atoms with Crippen LogP contribution in [0.2, 0.25) is 0 Å².